The summed E-state index contributed by atoms with van der Waals surface area (Å²) >= 11 is 0. The van der Waals surface area contributed by atoms with E-state index in [2.05, 4.69) is 25.9 Å². The molecule has 0 aliphatic carbocycles. The third kappa shape index (κ3) is 7.93. The Balaban J connectivity index is 1.32. The highest BCUT2D eigenvalue weighted by molar-refractivity contribution is 7.90. The number of aromatic nitrogens is 2. The average molecular weight is 506 g/mol. The first-order valence-corrected chi connectivity index (χ1v) is 13.9. The van der Waals surface area contributed by atoms with Crippen molar-refractivity contribution < 1.29 is 13.2 Å². The van der Waals surface area contributed by atoms with Crippen molar-refractivity contribution in [2.24, 2.45) is 0 Å². The number of hydrogen-bond acceptors (Lipinski definition) is 8. The smallest absolute Gasteiger partial charge is 0.148 e. The van der Waals surface area contributed by atoms with Crippen molar-refractivity contribution in [2.75, 3.05) is 42.3 Å². The van der Waals surface area contributed by atoms with Gasteiger partial charge in [-0.2, -0.15) is 0 Å². The van der Waals surface area contributed by atoms with E-state index in [1.54, 1.807) is 6.33 Å². The van der Waals surface area contributed by atoms with Crippen molar-refractivity contribution in [1.29, 1.82) is 0 Å². The van der Waals surface area contributed by atoms with Gasteiger partial charge >= 0.3 is 0 Å². The SMILES string of the molecule is CS(=O)(=O)CCNCCCNc1ccc2ncnc(Nc3ccc(OCc4ccccc4)cc3)c2c1. The fourth-order valence-electron chi connectivity index (χ4n) is 3.61. The van der Waals surface area contributed by atoms with Crippen LogP contribution in [0, 0.1) is 0 Å². The van der Waals surface area contributed by atoms with Crippen LogP contribution in [0.2, 0.25) is 0 Å². The fraction of sp³-hybridized carbons (Fsp3) is 0.259. The zero-order valence-electron chi connectivity index (χ0n) is 20.3. The molecular weight excluding hydrogens is 474 g/mol. The van der Waals surface area contributed by atoms with E-state index in [-0.39, 0.29) is 5.75 Å². The quantitative estimate of drug-likeness (QED) is 0.230. The lowest BCUT2D eigenvalue weighted by molar-refractivity contribution is 0.306. The number of nitrogens with zero attached hydrogens (tertiary/aromatic N) is 2. The average Bonchev–Trinajstić information content (AvgIpc) is 2.88. The van der Waals surface area contributed by atoms with Crippen molar-refractivity contribution >= 4 is 37.9 Å². The summed E-state index contributed by atoms with van der Waals surface area (Å²) in [7, 11) is -2.93. The maximum atomic E-state index is 11.2. The Labute approximate surface area is 212 Å². The third-order valence-corrected chi connectivity index (χ3v) is 6.46. The molecule has 0 atom stereocenters. The van der Waals surface area contributed by atoms with Gasteiger partial charge in [0.25, 0.3) is 0 Å². The lowest BCUT2D eigenvalue weighted by Crippen LogP contribution is -2.24. The van der Waals surface area contributed by atoms with Gasteiger partial charge in [0.15, 0.2) is 0 Å². The van der Waals surface area contributed by atoms with E-state index in [1.165, 1.54) is 6.26 Å². The van der Waals surface area contributed by atoms with Crippen molar-refractivity contribution in [2.45, 2.75) is 13.0 Å². The Bertz CT molecular complexity index is 1360. The molecule has 9 heteroatoms. The Hall–Kier alpha value is -3.69. The van der Waals surface area contributed by atoms with Crippen LogP contribution in [0.1, 0.15) is 12.0 Å². The molecule has 4 rings (SSSR count). The molecule has 0 spiro atoms. The molecule has 1 heterocycles. The van der Waals surface area contributed by atoms with E-state index in [4.69, 9.17) is 4.74 Å². The predicted octanol–water partition coefficient (Wildman–Crippen LogP) is 4.39. The number of fused-ring (bicyclic) bond motifs is 1. The lowest BCUT2D eigenvalue weighted by Gasteiger charge is -2.12. The van der Waals surface area contributed by atoms with Gasteiger partial charge in [0.2, 0.25) is 0 Å². The molecule has 188 valence electrons. The molecule has 0 aliphatic rings. The Morgan fingerprint density at radius 2 is 1.64 bits per heavy atom. The van der Waals surface area contributed by atoms with Crippen LogP contribution in [0.4, 0.5) is 17.2 Å². The molecular formula is C27H31N5O3S. The third-order valence-electron chi connectivity index (χ3n) is 5.51. The van der Waals surface area contributed by atoms with Gasteiger partial charge in [-0.1, -0.05) is 30.3 Å². The van der Waals surface area contributed by atoms with Gasteiger partial charge < -0.3 is 20.7 Å². The fourth-order valence-corrected chi connectivity index (χ4v) is 4.12. The van der Waals surface area contributed by atoms with Crippen LogP contribution in [0.15, 0.2) is 79.1 Å². The van der Waals surface area contributed by atoms with Gasteiger partial charge in [-0.3, -0.25) is 0 Å². The maximum absolute atomic E-state index is 11.2. The second kappa shape index (κ2) is 12.3. The Morgan fingerprint density at radius 1 is 0.861 bits per heavy atom. The first-order chi connectivity index (χ1) is 17.5. The molecule has 8 nitrogen and oxygen atoms in total. The molecule has 0 fully saturated rings. The van der Waals surface area contributed by atoms with Gasteiger partial charge in [0.05, 0.1) is 11.3 Å². The largest absolute Gasteiger partial charge is 0.489 e. The zero-order chi connectivity index (χ0) is 25.2. The minimum Gasteiger partial charge on any atom is -0.489 e. The summed E-state index contributed by atoms with van der Waals surface area (Å²) in [5.74, 6) is 1.68. The summed E-state index contributed by atoms with van der Waals surface area (Å²) in [6.07, 6.45) is 3.67. The van der Waals surface area contributed by atoms with E-state index >= 15 is 0 Å². The molecule has 1 aromatic heterocycles. The number of benzene rings is 3. The monoisotopic (exact) mass is 505 g/mol. The normalized spacial score (nSPS) is 11.4. The molecule has 3 N–H and O–H groups in total. The number of sulfone groups is 1. The number of anilines is 3. The zero-order valence-corrected chi connectivity index (χ0v) is 21.1. The van der Waals surface area contributed by atoms with Crippen LogP contribution in [0.3, 0.4) is 0 Å². The van der Waals surface area contributed by atoms with E-state index in [9.17, 15) is 8.42 Å². The minimum atomic E-state index is -2.93. The highest BCUT2D eigenvalue weighted by atomic mass is 32.2. The van der Waals surface area contributed by atoms with E-state index in [0.29, 0.717) is 13.2 Å². The van der Waals surface area contributed by atoms with Crippen LogP contribution in [-0.4, -0.2) is 50.0 Å². The topological polar surface area (TPSA) is 105 Å². The maximum Gasteiger partial charge on any atom is 0.148 e. The highest BCUT2D eigenvalue weighted by Gasteiger charge is 2.06. The summed E-state index contributed by atoms with van der Waals surface area (Å²) in [5, 5.41) is 10.9. The molecule has 36 heavy (non-hydrogen) atoms. The molecule has 0 aliphatic heterocycles. The molecule has 0 saturated heterocycles. The standard InChI is InChI=1S/C27H31N5O3S/c1-36(33,34)17-16-28-14-5-15-29-23-10-13-26-25(18-23)27(31-20-30-26)32-22-8-11-24(12-9-22)35-19-21-6-3-2-4-7-21/h2-4,6-13,18,20,28-29H,5,14-17,19H2,1H3,(H,30,31,32). The molecule has 3 aromatic carbocycles. The first kappa shape index (κ1) is 25.4. The molecule has 0 radical (unpaired) electrons. The summed E-state index contributed by atoms with van der Waals surface area (Å²) in [4.78, 5) is 8.84. The minimum absolute atomic E-state index is 0.157. The second-order valence-corrected chi connectivity index (χ2v) is 10.8. The number of rotatable bonds is 13. The highest BCUT2D eigenvalue weighted by Crippen LogP contribution is 2.27. The predicted molar refractivity (Wildman–Crippen MR) is 146 cm³/mol. The Morgan fingerprint density at radius 3 is 2.42 bits per heavy atom. The van der Waals surface area contributed by atoms with Crippen molar-refractivity contribution in [3.63, 3.8) is 0 Å². The summed E-state index contributed by atoms with van der Waals surface area (Å²) in [6, 6.07) is 23.9. The van der Waals surface area contributed by atoms with Gasteiger partial charge in [-0.25, -0.2) is 18.4 Å². The van der Waals surface area contributed by atoms with Gasteiger partial charge in [0, 0.05) is 36.1 Å². The molecule has 4 aromatic rings. The van der Waals surface area contributed by atoms with Crippen LogP contribution >= 0.6 is 0 Å². The van der Waals surface area contributed by atoms with E-state index < -0.39 is 9.84 Å². The number of ether oxygens (including phenoxy) is 1. The summed E-state index contributed by atoms with van der Waals surface area (Å²) < 4.78 is 28.2. The van der Waals surface area contributed by atoms with E-state index in [0.717, 1.165) is 58.9 Å². The van der Waals surface area contributed by atoms with Gasteiger partial charge in [0.1, 0.15) is 34.3 Å². The lowest BCUT2D eigenvalue weighted by atomic mass is 10.2. The molecule has 0 unspecified atom stereocenters. The van der Waals surface area contributed by atoms with Crippen LogP contribution in [-0.2, 0) is 16.4 Å². The molecule has 0 bridgehead atoms. The molecule has 0 amide bonds. The molecule has 0 saturated carbocycles. The first-order valence-electron chi connectivity index (χ1n) is 11.9. The number of hydrogen-bond donors (Lipinski definition) is 3. The van der Waals surface area contributed by atoms with Gasteiger partial charge in [-0.15, -0.1) is 0 Å². The summed E-state index contributed by atoms with van der Waals surface area (Å²) in [6.45, 7) is 2.51. The van der Waals surface area contributed by atoms with Gasteiger partial charge in [-0.05, 0) is 61.0 Å². The van der Waals surface area contributed by atoms with Crippen molar-refractivity contribution in [1.82, 2.24) is 15.3 Å². The summed E-state index contributed by atoms with van der Waals surface area (Å²) in [5.41, 5.74) is 3.85. The number of nitrogens with one attached hydrogen (secondary N) is 3. The van der Waals surface area contributed by atoms with Crippen LogP contribution in [0.25, 0.3) is 10.9 Å². The van der Waals surface area contributed by atoms with Crippen LogP contribution < -0.4 is 20.7 Å². The second-order valence-electron chi connectivity index (χ2n) is 8.54. The van der Waals surface area contributed by atoms with Crippen LogP contribution in [0.5, 0.6) is 5.75 Å². The Kier molecular flexibility index (Phi) is 8.70. The van der Waals surface area contributed by atoms with Crippen molar-refractivity contribution in [3.05, 3.63) is 84.7 Å². The van der Waals surface area contributed by atoms with Crippen molar-refractivity contribution in [3.8, 4) is 5.75 Å². The van der Waals surface area contributed by atoms with E-state index in [1.807, 2.05) is 72.8 Å².